The van der Waals surface area contributed by atoms with Crippen molar-refractivity contribution in [2.45, 2.75) is 26.3 Å². The van der Waals surface area contributed by atoms with E-state index in [1.807, 2.05) is 4.90 Å². The number of rotatable bonds is 8. The molecular weight excluding hydrogens is 414 g/mol. The van der Waals surface area contributed by atoms with Gasteiger partial charge < -0.3 is 24.4 Å². The van der Waals surface area contributed by atoms with Gasteiger partial charge in [-0.05, 0) is 48.6 Å². The molecule has 0 aromatic heterocycles. The van der Waals surface area contributed by atoms with E-state index in [1.165, 1.54) is 27.4 Å². The van der Waals surface area contributed by atoms with Crippen molar-refractivity contribution in [2.75, 3.05) is 39.3 Å². The van der Waals surface area contributed by atoms with Crippen LogP contribution in [0.4, 0.5) is 11.4 Å². The SMILES string of the molecule is COc1cc(CNC(=O)c2ccc(N3CCCC(C)C3)c([N+](=O)[O-])c2)cc(OC)c1OC. The summed E-state index contributed by atoms with van der Waals surface area (Å²) in [4.78, 5) is 26.0. The second-order valence-corrected chi connectivity index (χ2v) is 7.87. The summed E-state index contributed by atoms with van der Waals surface area (Å²) in [6, 6.07) is 8.13. The van der Waals surface area contributed by atoms with Crippen LogP contribution in [-0.4, -0.2) is 45.2 Å². The van der Waals surface area contributed by atoms with Gasteiger partial charge >= 0.3 is 0 Å². The zero-order chi connectivity index (χ0) is 23.3. The summed E-state index contributed by atoms with van der Waals surface area (Å²) in [7, 11) is 4.55. The van der Waals surface area contributed by atoms with Crippen LogP contribution in [0, 0.1) is 16.0 Å². The molecule has 2 aromatic carbocycles. The molecule has 1 amide bonds. The van der Waals surface area contributed by atoms with E-state index >= 15 is 0 Å². The molecule has 3 rings (SSSR count). The molecule has 9 heteroatoms. The van der Waals surface area contributed by atoms with Gasteiger partial charge in [-0.1, -0.05) is 6.92 Å². The lowest BCUT2D eigenvalue weighted by Crippen LogP contribution is -2.34. The van der Waals surface area contributed by atoms with Crippen LogP contribution < -0.4 is 24.4 Å². The number of benzene rings is 2. The molecule has 0 spiro atoms. The zero-order valence-corrected chi connectivity index (χ0v) is 18.8. The largest absolute Gasteiger partial charge is 0.493 e. The monoisotopic (exact) mass is 443 g/mol. The van der Waals surface area contributed by atoms with E-state index in [2.05, 4.69) is 12.2 Å². The number of carbonyl (C=O) groups excluding carboxylic acids is 1. The number of anilines is 1. The Morgan fingerprint density at radius 3 is 2.41 bits per heavy atom. The summed E-state index contributed by atoms with van der Waals surface area (Å²) in [5.41, 5.74) is 1.47. The summed E-state index contributed by atoms with van der Waals surface area (Å²) in [5.74, 6) is 1.49. The van der Waals surface area contributed by atoms with Crippen LogP contribution in [0.3, 0.4) is 0 Å². The predicted octanol–water partition coefficient (Wildman–Crippen LogP) is 3.79. The van der Waals surface area contributed by atoms with Crippen molar-refractivity contribution in [3.8, 4) is 17.2 Å². The molecule has 1 unspecified atom stereocenters. The standard InChI is InChI=1S/C23H29N3O6/c1-15-6-5-9-25(14-15)18-8-7-17(12-19(18)26(28)29)23(27)24-13-16-10-20(30-2)22(32-4)21(11-16)31-3/h7-8,10-12,15H,5-6,9,13-14H2,1-4H3,(H,24,27). The number of ether oxygens (including phenoxy) is 3. The highest BCUT2D eigenvalue weighted by molar-refractivity contribution is 5.95. The Morgan fingerprint density at radius 1 is 1.16 bits per heavy atom. The van der Waals surface area contributed by atoms with Crippen molar-refractivity contribution in [1.82, 2.24) is 5.32 Å². The molecule has 172 valence electrons. The van der Waals surface area contributed by atoms with E-state index in [9.17, 15) is 14.9 Å². The summed E-state index contributed by atoms with van der Waals surface area (Å²) >= 11 is 0. The minimum absolute atomic E-state index is 0.0560. The van der Waals surface area contributed by atoms with Crippen molar-refractivity contribution >= 4 is 17.3 Å². The fourth-order valence-electron chi connectivity index (χ4n) is 4.01. The molecule has 1 fully saturated rings. The lowest BCUT2D eigenvalue weighted by Gasteiger charge is -2.32. The molecule has 9 nitrogen and oxygen atoms in total. The molecule has 1 atom stereocenters. The maximum absolute atomic E-state index is 12.7. The van der Waals surface area contributed by atoms with Crippen LogP contribution in [0.5, 0.6) is 17.2 Å². The van der Waals surface area contributed by atoms with Gasteiger partial charge in [0.05, 0.1) is 26.3 Å². The molecule has 1 N–H and O–H groups in total. The summed E-state index contributed by atoms with van der Waals surface area (Å²) < 4.78 is 16.0. The van der Waals surface area contributed by atoms with Gasteiger partial charge in [-0.15, -0.1) is 0 Å². The van der Waals surface area contributed by atoms with Gasteiger partial charge in [0.1, 0.15) is 5.69 Å². The van der Waals surface area contributed by atoms with Gasteiger partial charge in [0, 0.05) is 31.3 Å². The van der Waals surface area contributed by atoms with Crippen molar-refractivity contribution in [3.05, 3.63) is 51.6 Å². The fraction of sp³-hybridized carbons (Fsp3) is 0.435. The molecule has 1 aliphatic heterocycles. The second-order valence-electron chi connectivity index (χ2n) is 7.87. The predicted molar refractivity (Wildman–Crippen MR) is 121 cm³/mol. The van der Waals surface area contributed by atoms with E-state index < -0.39 is 10.8 Å². The molecule has 2 aromatic rings. The number of nitro benzene ring substituents is 1. The molecule has 32 heavy (non-hydrogen) atoms. The third-order valence-electron chi connectivity index (χ3n) is 5.61. The van der Waals surface area contributed by atoms with Crippen molar-refractivity contribution in [1.29, 1.82) is 0 Å². The zero-order valence-electron chi connectivity index (χ0n) is 18.8. The van der Waals surface area contributed by atoms with Gasteiger partial charge in [0.2, 0.25) is 5.75 Å². The molecule has 1 aliphatic rings. The maximum atomic E-state index is 12.7. The number of nitrogens with one attached hydrogen (secondary N) is 1. The number of nitro groups is 1. The van der Waals surface area contributed by atoms with Crippen LogP contribution in [0.25, 0.3) is 0 Å². The Hall–Kier alpha value is -3.49. The van der Waals surface area contributed by atoms with Crippen molar-refractivity contribution in [3.63, 3.8) is 0 Å². The van der Waals surface area contributed by atoms with Crippen LogP contribution in [-0.2, 0) is 6.54 Å². The fourth-order valence-corrected chi connectivity index (χ4v) is 4.01. The topological polar surface area (TPSA) is 103 Å². The first kappa shape index (κ1) is 23.2. The smallest absolute Gasteiger partial charge is 0.293 e. The Balaban J connectivity index is 1.78. The molecule has 1 heterocycles. The lowest BCUT2D eigenvalue weighted by atomic mass is 9.99. The highest BCUT2D eigenvalue weighted by Gasteiger charge is 2.25. The van der Waals surface area contributed by atoms with Crippen LogP contribution >= 0.6 is 0 Å². The number of carbonyl (C=O) groups is 1. The van der Waals surface area contributed by atoms with E-state index in [1.54, 1.807) is 24.3 Å². The molecular formula is C23H29N3O6. The average Bonchev–Trinajstić information content (AvgIpc) is 2.81. The molecule has 0 saturated carbocycles. The van der Waals surface area contributed by atoms with Crippen molar-refractivity contribution < 1.29 is 23.9 Å². The summed E-state index contributed by atoms with van der Waals surface area (Å²) in [6.45, 7) is 3.88. The van der Waals surface area contributed by atoms with E-state index in [0.29, 0.717) is 28.9 Å². The Morgan fingerprint density at radius 2 is 1.84 bits per heavy atom. The van der Waals surface area contributed by atoms with Crippen LogP contribution in [0.15, 0.2) is 30.3 Å². The number of methoxy groups -OCH3 is 3. The third kappa shape index (κ3) is 5.04. The van der Waals surface area contributed by atoms with E-state index in [0.717, 1.165) is 31.5 Å². The number of hydrogen-bond acceptors (Lipinski definition) is 7. The summed E-state index contributed by atoms with van der Waals surface area (Å²) in [6.07, 6.45) is 2.11. The minimum atomic E-state index is -0.426. The van der Waals surface area contributed by atoms with Gasteiger partial charge in [-0.2, -0.15) is 0 Å². The van der Waals surface area contributed by atoms with Crippen LogP contribution in [0.2, 0.25) is 0 Å². The lowest BCUT2D eigenvalue weighted by molar-refractivity contribution is -0.384. The highest BCUT2D eigenvalue weighted by atomic mass is 16.6. The Kier molecular flexibility index (Phi) is 7.40. The average molecular weight is 444 g/mol. The third-order valence-corrected chi connectivity index (χ3v) is 5.61. The first-order valence-electron chi connectivity index (χ1n) is 10.5. The van der Waals surface area contributed by atoms with E-state index in [4.69, 9.17) is 14.2 Å². The number of hydrogen-bond donors (Lipinski definition) is 1. The number of nitrogens with zero attached hydrogens (tertiary/aromatic N) is 2. The first-order valence-corrected chi connectivity index (χ1v) is 10.5. The van der Waals surface area contributed by atoms with Gasteiger partial charge in [0.15, 0.2) is 11.5 Å². The molecule has 0 aliphatic carbocycles. The number of piperidine rings is 1. The molecule has 1 saturated heterocycles. The van der Waals surface area contributed by atoms with E-state index in [-0.39, 0.29) is 17.8 Å². The molecule has 0 bridgehead atoms. The van der Waals surface area contributed by atoms with Crippen molar-refractivity contribution in [2.24, 2.45) is 5.92 Å². The Bertz CT molecular complexity index is 969. The first-order chi connectivity index (χ1) is 15.4. The summed E-state index contributed by atoms with van der Waals surface area (Å²) in [5, 5.41) is 14.5. The minimum Gasteiger partial charge on any atom is -0.493 e. The maximum Gasteiger partial charge on any atom is 0.293 e. The Labute approximate surface area is 187 Å². The quantitative estimate of drug-likeness (QED) is 0.489. The van der Waals surface area contributed by atoms with Gasteiger partial charge in [0.25, 0.3) is 11.6 Å². The van der Waals surface area contributed by atoms with Gasteiger partial charge in [-0.3, -0.25) is 14.9 Å². The van der Waals surface area contributed by atoms with Gasteiger partial charge in [-0.25, -0.2) is 0 Å². The normalized spacial score (nSPS) is 15.8. The molecule has 0 radical (unpaired) electrons. The number of amides is 1. The second kappa shape index (κ2) is 10.2. The highest BCUT2D eigenvalue weighted by Crippen LogP contribution is 2.38. The van der Waals surface area contributed by atoms with Crippen LogP contribution in [0.1, 0.15) is 35.7 Å².